The average Bonchev–Trinajstić information content (AvgIpc) is 3.14. The van der Waals surface area contributed by atoms with Gasteiger partial charge in [-0.25, -0.2) is 17.8 Å². The quantitative estimate of drug-likeness (QED) is 0.322. The molecule has 4 nitrogen and oxygen atoms in total. The standard InChI is InChI=1S/C20H28BrFN2O2S2/c1-2-3-4-5-6-7-8-9-10-23-18-14-17(22)19(13-16(18)21)28(25,26)15-20-24-11-12-27-20/h11-14,23H,2-10,15H2,1H3. The van der Waals surface area contributed by atoms with E-state index in [1.165, 1.54) is 62.0 Å². The first kappa shape index (κ1) is 23.3. The number of unbranched alkanes of at least 4 members (excludes halogenated alkanes) is 7. The lowest BCUT2D eigenvalue weighted by molar-refractivity contribution is 0.566. The maximum absolute atomic E-state index is 14.5. The molecule has 28 heavy (non-hydrogen) atoms. The minimum absolute atomic E-state index is 0.293. The highest BCUT2D eigenvalue weighted by atomic mass is 79.9. The lowest BCUT2D eigenvalue weighted by Crippen LogP contribution is -2.09. The fourth-order valence-corrected chi connectivity index (χ4v) is 5.93. The van der Waals surface area contributed by atoms with Crippen LogP contribution in [0.2, 0.25) is 0 Å². The average molecular weight is 491 g/mol. The number of hydrogen-bond acceptors (Lipinski definition) is 5. The Morgan fingerprint density at radius 2 is 1.79 bits per heavy atom. The Balaban J connectivity index is 1.84. The number of thiazole rings is 1. The summed E-state index contributed by atoms with van der Waals surface area (Å²) in [5, 5.41) is 5.35. The van der Waals surface area contributed by atoms with Crippen molar-refractivity contribution in [2.45, 2.75) is 68.9 Å². The molecule has 1 N–H and O–H groups in total. The zero-order valence-electron chi connectivity index (χ0n) is 16.2. The normalized spacial score (nSPS) is 11.7. The SMILES string of the molecule is CCCCCCCCCCNc1cc(F)c(S(=O)(=O)Cc2nccs2)cc1Br. The van der Waals surface area contributed by atoms with Gasteiger partial charge >= 0.3 is 0 Å². The number of rotatable bonds is 13. The molecule has 8 heteroatoms. The molecule has 0 bridgehead atoms. The van der Waals surface area contributed by atoms with Crippen molar-refractivity contribution in [3.8, 4) is 0 Å². The third-order valence-electron chi connectivity index (χ3n) is 4.50. The van der Waals surface area contributed by atoms with E-state index in [1.807, 2.05) is 0 Å². The van der Waals surface area contributed by atoms with Crippen LogP contribution in [0.1, 0.15) is 63.3 Å². The molecule has 0 aliphatic rings. The molecule has 156 valence electrons. The highest BCUT2D eigenvalue weighted by molar-refractivity contribution is 9.10. The number of aromatic nitrogens is 1. The van der Waals surface area contributed by atoms with Crippen molar-refractivity contribution in [3.63, 3.8) is 0 Å². The monoisotopic (exact) mass is 490 g/mol. The molecule has 2 rings (SSSR count). The van der Waals surface area contributed by atoms with Crippen LogP contribution in [0.15, 0.2) is 33.1 Å². The lowest BCUT2D eigenvalue weighted by Gasteiger charge is -2.12. The van der Waals surface area contributed by atoms with Crippen LogP contribution in [-0.4, -0.2) is 19.9 Å². The number of sulfone groups is 1. The summed E-state index contributed by atoms with van der Waals surface area (Å²) in [6.07, 6.45) is 11.4. The summed E-state index contributed by atoms with van der Waals surface area (Å²) in [4.78, 5) is 3.68. The summed E-state index contributed by atoms with van der Waals surface area (Å²) in [6, 6.07) is 2.60. The summed E-state index contributed by atoms with van der Waals surface area (Å²) >= 11 is 4.61. The van der Waals surface area contributed by atoms with Crippen molar-refractivity contribution in [2.75, 3.05) is 11.9 Å². The van der Waals surface area contributed by atoms with Gasteiger partial charge in [-0.1, -0.05) is 51.9 Å². The van der Waals surface area contributed by atoms with Gasteiger partial charge in [0.25, 0.3) is 0 Å². The van der Waals surface area contributed by atoms with Crippen molar-refractivity contribution in [1.82, 2.24) is 4.98 Å². The summed E-state index contributed by atoms with van der Waals surface area (Å²) in [5.41, 5.74) is 0.577. The molecular weight excluding hydrogens is 463 g/mol. The van der Waals surface area contributed by atoms with Gasteiger partial charge in [0.05, 0.1) is 5.69 Å². The Kier molecular flexibility index (Phi) is 9.88. The van der Waals surface area contributed by atoms with Crippen LogP contribution in [0.5, 0.6) is 0 Å². The van der Waals surface area contributed by atoms with Gasteiger partial charge in [-0.3, -0.25) is 0 Å². The van der Waals surface area contributed by atoms with Crippen LogP contribution >= 0.6 is 27.3 Å². The molecule has 2 aromatic rings. The first-order valence-electron chi connectivity index (χ1n) is 9.78. The Labute approximate surface area is 180 Å². The predicted molar refractivity (Wildman–Crippen MR) is 118 cm³/mol. The molecule has 1 aromatic carbocycles. The van der Waals surface area contributed by atoms with Crippen molar-refractivity contribution in [1.29, 1.82) is 0 Å². The first-order valence-corrected chi connectivity index (χ1v) is 13.1. The minimum atomic E-state index is -3.78. The van der Waals surface area contributed by atoms with E-state index in [0.717, 1.165) is 19.4 Å². The van der Waals surface area contributed by atoms with Gasteiger partial charge in [0.2, 0.25) is 0 Å². The van der Waals surface area contributed by atoms with Crippen LogP contribution in [-0.2, 0) is 15.6 Å². The highest BCUT2D eigenvalue weighted by Gasteiger charge is 2.23. The third kappa shape index (κ3) is 7.44. The summed E-state index contributed by atoms with van der Waals surface area (Å²) in [5.74, 6) is -1.03. The molecule has 0 spiro atoms. The van der Waals surface area contributed by atoms with Gasteiger partial charge in [0, 0.05) is 22.6 Å². The van der Waals surface area contributed by atoms with Gasteiger partial charge in [-0.05, 0) is 34.5 Å². The maximum Gasteiger partial charge on any atom is 0.187 e. The molecule has 0 atom stereocenters. The molecule has 1 heterocycles. The summed E-state index contributed by atoms with van der Waals surface area (Å²) in [6.45, 7) is 2.95. The molecule has 1 aromatic heterocycles. The summed E-state index contributed by atoms with van der Waals surface area (Å²) in [7, 11) is -3.78. The van der Waals surface area contributed by atoms with Gasteiger partial charge < -0.3 is 5.32 Å². The molecule has 0 amide bonds. The van der Waals surface area contributed by atoms with Crippen molar-refractivity contribution in [3.05, 3.63) is 39.0 Å². The highest BCUT2D eigenvalue weighted by Crippen LogP contribution is 2.30. The van der Waals surface area contributed by atoms with E-state index in [-0.39, 0.29) is 10.6 Å². The van der Waals surface area contributed by atoms with E-state index in [1.54, 1.807) is 11.6 Å². The molecule has 0 aliphatic carbocycles. The molecule has 0 unspecified atom stereocenters. The van der Waals surface area contributed by atoms with Gasteiger partial charge in [-0.15, -0.1) is 11.3 Å². The molecule has 0 aliphatic heterocycles. The lowest BCUT2D eigenvalue weighted by atomic mass is 10.1. The maximum atomic E-state index is 14.5. The molecule has 0 saturated heterocycles. The van der Waals surface area contributed by atoms with E-state index in [9.17, 15) is 12.8 Å². The molecule has 0 fully saturated rings. The van der Waals surface area contributed by atoms with E-state index in [0.29, 0.717) is 15.2 Å². The Bertz CT molecular complexity index is 827. The zero-order valence-corrected chi connectivity index (χ0v) is 19.4. The zero-order chi connectivity index (χ0) is 20.4. The summed E-state index contributed by atoms with van der Waals surface area (Å²) < 4.78 is 40.0. The second-order valence-electron chi connectivity index (χ2n) is 6.85. The first-order chi connectivity index (χ1) is 13.4. The topological polar surface area (TPSA) is 59.1 Å². The smallest absolute Gasteiger partial charge is 0.187 e. The molecular formula is C20H28BrFN2O2S2. The Morgan fingerprint density at radius 3 is 2.43 bits per heavy atom. The second-order valence-corrected chi connectivity index (χ2v) is 10.6. The van der Waals surface area contributed by atoms with Crippen LogP contribution in [0.25, 0.3) is 0 Å². The molecule has 0 radical (unpaired) electrons. The van der Waals surface area contributed by atoms with Crippen molar-refractivity contribution >= 4 is 42.8 Å². The van der Waals surface area contributed by atoms with Crippen LogP contribution in [0.3, 0.4) is 0 Å². The number of nitrogens with one attached hydrogen (secondary N) is 1. The Hall–Kier alpha value is -0.990. The van der Waals surface area contributed by atoms with E-state index >= 15 is 0 Å². The van der Waals surface area contributed by atoms with Crippen LogP contribution in [0, 0.1) is 5.82 Å². The number of nitrogens with zero attached hydrogens (tertiary/aromatic N) is 1. The van der Waals surface area contributed by atoms with E-state index < -0.39 is 15.7 Å². The number of hydrogen-bond donors (Lipinski definition) is 1. The van der Waals surface area contributed by atoms with E-state index in [4.69, 9.17) is 0 Å². The van der Waals surface area contributed by atoms with Crippen molar-refractivity contribution < 1.29 is 12.8 Å². The van der Waals surface area contributed by atoms with Crippen LogP contribution < -0.4 is 5.32 Å². The second kappa shape index (κ2) is 11.9. The number of benzene rings is 1. The molecule has 0 saturated carbocycles. The van der Waals surface area contributed by atoms with E-state index in [2.05, 4.69) is 33.2 Å². The Morgan fingerprint density at radius 1 is 1.11 bits per heavy atom. The van der Waals surface area contributed by atoms with Gasteiger partial charge in [0.15, 0.2) is 9.84 Å². The number of anilines is 1. The predicted octanol–water partition coefficient (Wildman–Crippen LogP) is 6.57. The minimum Gasteiger partial charge on any atom is -0.384 e. The fraction of sp³-hybridized carbons (Fsp3) is 0.550. The van der Waals surface area contributed by atoms with Crippen molar-refractivity contribution in [2.24, 2.45) is 0 Å². The largest absolute Gasteiger partial charge is 0.384 e. The van der Waals surface area contributed by atoms with Gasteiger partial charge in [-0.2, -0.15) is 0 Å². The van der Waals surface area contributed by atoms with Crippen LogP contribution in [0.4, 0.5) is 10.1 Å². The number of halogens is 2. The fourth-order valence-electron chi connectivity index (χ4n) is 2.95. The third-order valence-corrected chi connectivity index (χ3v) is 7.75. The van der Waals surface area contributed by atoms with Gasteiger partial charge in [0.1, 0.15) is 21.5 Å².